The van der Waals surface area contributed by atoms with Gasteiger partial charge >= 0.3 is 0 Å². The van der Waals surface area contributed by atoms with E-state index < -0.39 is 3.79 Å². The van der Waals surface area contributed by atoms with Gasteiger partial charge in [0.2, 0.25) is 0 Å². The molecule has 2 nitrogen and oxygen atoms in total. The molecule has 0 aromatic heterocycles. The molecule has 0 spiro atoms. The fourth-order valence-electron chi connectivity index (χ4n) is 0. The van der Waals surface area contributed by atoms with Crippen LogP contribution in [0.4, 0.5) is 0 Å². The van der Waals surface area contributed by atoms with Crippen LogP contribution in [0.3, 0.4) is 0 Å². The maximum absolute atomic E-state index is 9.43. The van der Waals surface area contributed by atoms with Gasteiger partial charge in [-0.15, -0.1) is 0 Å². The van der Waals surface area contributed by atoms with Crippen molar-refractivity contribution in [2.24, 2.45) is 0 Å². The first-order valence-electron chi connectivity index (χ1n) is 0.917. The Hall–Kier alpha value is 0.0700. The van der Waals surface area contributed by atoms with Crippen LogP contribution in [0.15, 0.2) is 0 Å². The van der Waals surface area contributed by atoms with Crippen molar-refractivity contribution in [2.45, 2.75) is 0 Å². The molecule has 0 bridgehead atoms. The third-order valence-electron chi connectivity index (χ3n) is 0.0927. The lowest BCUT2D eigenvalue weighted by atomic mass is 10.9. The van der Waals surface area contributed by atoms with Crippen molar-refractivity contribution in [1.82, 2.24) is 0 Å². The second kappa shape index (κ2) is 2.32. The summed E-state index contributed by atoms with van der Waals surface area (Å²) in [6.45, 7) is 0. The van der Waals surface area contributed by atoms with Crippen LogP contribution in [0.1, 0.15) is 0 Å². The number of aldehydes is 1. The number of hydrogen-bond donors (Lipinski definition) is 0. The standard InChI is InChI=1S/C2HIO2/c3-2(5)1-4/h1H. The zero-order chi connectivity index (χ0) is 4.28. The highest BCUT2D eigenvalue weighted by atomic mass is 127. The molecule has 0 amide bonds. The Morgan fingerprint density at radius 2 is 2.00 bits per heavy atom. The molecule has 0 heterocycles. The van der Waals surface area contributed by atoms with Crippen LogP contribution in [0.2, 0.25) is 0 Å². The van der Waals surface area contributed by atoms with Crippen LogP contribution >= 0.6 is 22.6 Å². The molecular formula is C2HIO2. The van der Waals surface area contributed by atoms with Crippen LogP contribution in [0.5, 0.6) is 0 Å². The molecule has 0 fully saturated rings. The number of halogens is 1. The van der Waals surface area contributed by atoms with Gasteiger partial charge in [0.25, 0.3) is 3.79 Å². The van der Waals surface area contributed by atoms with Crippen molar-refractivity contribution in [3.8, 4) is 0 Å². The van der Waals surface area contributed by atoms with Crippen LogP contribution < -0.4 is 0 Å². The summed E-state index contributed by atoms with van der Waals surface area (Å²) in [6, 6.07) is 0. The molecule has 5 heavy (non-hydrogen) atoms. The summed E-state index contributed by atoms with van der Waals surface area (Å²) in [6.07, 6.45) is 0.264. The SMILES string of the molecule is O=CC(=O)I. The van der Waals surface area contributed by atoms with E-state index in [2.05, 4.69) is 0 Å². The summed E-state index contributed by atoms with van der Waals surface area (Å²) in [7, 11) is 0. The van der Waals surface area contributed by atoms with Gasteiger partial charge in [-0.3, -0.25) is 9.59 Å². The van der Waals surface area contributed by atoms with E-state index in [9.17, 15) is 4.79 Å². The van der Waals surface area contributed by atoms with Gasteiger partial charge in [-0.1, -0.05) is 0 Å². The molecule has 0 atom stereocenters. The summed E-state index contributed by atoms with van der Waals surface area (Å²) in [5, 5.41) is 0. The highest BCUT2D eigenvalue weighted by molar-refractivity contribution is 14.1. The molecule has 0 aromatic carbocycles. The summed E-state index contributed by atoms with van der Waals surface area (Å²) < 4.78 is -0.456. The molecule has 0 N–H and O–H groups in total. The highest BCUT2D eigenvalue weighted by Crippen LogP contribution is 1.74. The van der Waals surface area contributed by atoms with Crippen LogP contribution in [-0.2, 0) is 9.59 Å². The van der Waals surface area contributed by atoms with Crippen molar-refractivity contribution in [1.29, 1.82) is 0 Å². The molecular weight excluding hydrogens is 183 g/mol. The second-order valence-electron chi connectivity index (χ2n) is 0.422. The van der Waals surface area contributed by atoms with Crippen LogP contribution in [0.25, 0.3) is 0 Å². The Balaban J connectivity index is 3.20. The minimum Gasteiger partial charge on any atom is -0.294 e. The van der Waals surface area contributed by atoms with Crippen LogP contribution in [-0.4, -0.2) is 10.1 Å². The van der Waals surface area contributed by atoms with Gasteiger partial charge in [0.05, 0.1) is 0 Å². The topological polar surface area (TPSA) is 34.1 Å². The van der Waals surface area contributed by atoms with Gasteiger partial charge in [0, 0.05) is 22.6 Å². The first kappa shape index (κ1) is 5.07. The predicted octanol–water partition coefficient (Wildman–Crippen LogP) is 0.147. The summed E-state index contributed by atoms with van der Waals surface area (Å²) >= 11 is 1.40. The zero-order valence-corrected chi connectivity index (χ0v) is 4.43. The van der Waals surface area contributed by atoms with E-state index in [0.29, 0.717) is 0 Å². The van der Waals surface area contributed by atoms with Gasteiger partial charge in [-0.2, -0.15) is 0 Å². The van der Waals surface area contributed by atoms with E-state index in [1.807, 2.05) is 0 Å². The maximum atomic E-state index is 9.43. The predicted molar refractivity (Wildman–Crippen MR) is 25.1 cm³/mol. The molecule has 3 heteroatoms. The summed E-state index contributed by atoms with van der Waals surface area (Å²) in [4.78, 5) is 18.6. The second-order valence-corrected chi connectivity index (χ2v) is 1.49. The molecule has 0 aliphatic rings. The summed E-state index contributed by atoms with van der Waals surface area (Å²) in [5.41, 5.74) is 0. The lowest BCUT2D eigenvalue weighted by Gasteiger charge is -1.54. The Bertz CT molecular complexity index is 58.7. The molecule has 0 rings (SSSR count). The highest BCUT2D eigenvalue weighted by Gasteiger charge is 1.79. The summed E-state index contributed by atoms with van der Waals surface area (Å²) in [5.74, 6) is 0. The average Bonchev–Trinajstić information content (AvgIpc) is 1.38. The average molecular weight is 184 g/mol. The number of rotatable bonds is 1. The molecule has 0 aliphatic heterocycles. The van der Waals surface area contributed by atoms with Crippen molar-refractivity contribution in [2.75, 3.05) is 0 Å². The Labute approximate surface area is 42.7 Å². The molecule has 0 aromatic rings. The van der Waals surface area contributed by atoms with E-state index >= 15 is 0 Å². The lowest BCUT2D eigenvalue weighted by molar-refractivity contribution is -0.123. The lowest BCUT2D eigenvalue weighted by Crippen LogP contribution is -1.79. The molecule has 0 saturated carbocycles. The first-order chi connectivity index (χ1) is 2.27. The first-order valence-corrected chi connectivity index (χ1v) is 2.00. The largest absolute Gasteiger partial charge is 0.294 e. The molecule has 0 aliphatic carbocycles. The van der Waals surface area contributed by atoms with Gasteiger partial charge in [-0.05, 0) is 0 Å². The van der Waals surface area contributed by atoms with Crippen LogP contribution in [0, 0.1) is 0 Å². The number of hydrogen-bond acceptors (Lipinski definition) is 2. The molecule has 28 valence electrons. The van der Waals surface area contributed by atoms with E-state index in [0.717, 1.165) is 0 Å². The third kappa shape index (κ3) is 4.07. The monoisotopic (exact) mass is 184 g/mol. The van der Waals surface area contributed by atoms with Crippen molar-refractivity contribution < 1.29 is 9.59 Å². The van der Waals surface area contributed by atoms with Crippen molar-refractivity contribution in [3.05, 3.63) is 0 Å². The van der Waals surface area contributed by atoms with Gasteiger partial charge in [-0.25, -0.2) is 0 Å². The fourth-order valence-corrected chi connectivity index (χ4v) is 0. The van der Waals surface area contributed by atoms with Gasteiger partial charge in [0.1, 0.15) is 0 Å². The Kier molecular flexibility index (Phi) is 2.35. The van der Waals surface area contributed by atoms with E-state index in [1.165, 1.54) is 22.6 Å². The Morgan fingerprint density at radius 1 is 1.80 bits per heavy atom. The minimum absolute atomic E-state index is 0.264. The fraction of sp³-hybridized carbons (Fsp3) is 0. The number of carbonyl (C=O) groups excluding carboxylic acids is 2. The quantitative estimate of drug-likeness (QED) is 0.251. The molecule has 0 unspecified atom stereocenters. The van der Waals surface area contributed by atoms with Crippen molar-refractivity contribution >= 4 is 32.7 Å². The van der Waals surface area contributed by atoms with Crippen molar-refractivity contribution in [3.63, 3.8) is 0 Å². The number of carbonyl (C=O) groups is 2. The molecule has 0 radical (unpaired) electrons. The van der Waals surface area contributed by atoms with Gasteiger partial charge < -0.3 is 0 Å². The normalized spacial score (nSPS) is 6.60. The molecule has 0 saturated heterocycles. The minimum atomic E-state index is -0.456. The smallest absolute Gasteiger partial charge is 0.254 e. The zero-order valence-electron chi connectivity index (χ0n) is 2.27. The third-order valence-corrected chi connectivity index (χ3v) is 0.347. The van der Waals surface area contributed by atoms with E-state index in [4.69, 9.17) is 4.79 Å². The van der Waals surface area contributed by atoms with Gasteiger partial charge in [0.15, 0.2) is 6.29 Å². The van der Waals surface area contributed by atoms with E-state index in [-0.39, 0.29) is 6.29 Å². The Morgan fingerprint density at radius 3 is 2.00 bits per heavy atom. The maximum Gasteiger partial charge on any atom is 0.254 e. The van der Waals surface area contributed by atoms with E-state index in [1.54, 1.807) is 0 Å².